The van der Waals surface area contributed by atoms with Crippen LogP contribution in [0, 0.1) is 0 Å². The number of rotatable bonds is 7. The standard InChI is InChI=1S/C22H24N4O4S/c1-3-28-17-8-6-16(7-9-17)23-20(27)14-31-22-25-24-21(26(22)2)15-5-10-18-19(13-15)30-12-4-11-29-18/h5-10,13H,3-4,11-12,14H2,1-2H3,(H,23,27). The highest BCUT2D eigenvalue weighted by molar-refractivity contribution is 7.99. The van der Waals surface area contributed by atoms with Crippen LogP contribution >= 0.6 is 11.8 Å². The molecule has 0 atom stereocenters. The van der Waals surface area contributed by atoms with E-state index in [1.807, 2.05) is 61.0 Å². The molecule has 0 aliphatic carbocycles. The minimum atomic E-state index is -0.116. The third-order valence-electron chi connectivity index (χ3n) is 4.62. The molecule has 0 bridgehead atoms. The minimum absolute atomic E-state index is 0.116. The van der Waals surface area contributed by atoms with Crippen LogP contribution in [0.4, 0.5) is 5.69 Å². The second-order valence-corrected chi connectivity index (χ2v) is 7.81. The van der Waals surface area contributed by atoms with Gasteiger partial charge in [-0.2, -0.15) is 0 Å². The lowest BCUT2D eigenvalue weighted by atomic mass is 10.2. The highest BCUT2D eigenvalue weighted by atomic mass is 32.2. The summed E-state index contributed by atoms with van der Waals surface area (Å²) in [5.74, 6) is 3.03. The van der Waals surface area contributed by atoms with E-state index in [9.17, 15) is 4.79 Å². The zero-order chi connectivity index (χ0) is 21.6. The number of amides is 1. The highest BCUT2D eigenvalue weighted by Gasteiger charge is 2.16. The number of nitrogens with zero attached hydrogens (tertiary/aromatic N) is 3. The van der Waals surface area contributed by atoms with Crippen molar-refractivity contribution in [1.82, 2.24) is 14.8 Å². The fourth-order valence-electron chi connectivity index (χ4n) is 3.12. The number of thioether (sulfide) groups is 1. The predicted octanol–water partition coefficient (Wildman–Crippen LogP) is 3.77. The van der Waals surface area contributed by atoms with Gasteiger partial charge in [-0.25, -0.2) is 0 Å². The van der Waals surface area contributed by atoms with Gasteiger partial charge in [-0.1, -0.05) is 11.8 Å². The Morgan fingerprint density at radius 2 is 1.90 bits per heavy atom. The maximum atomic E-state index is 12.3. The number of hydrogen-bond acceptors (Lipinski definition) is 7. The van der Waals surface area contributed by atoms with Crippen molar-refractivity contribution in [3.05, 3.63) is 42.5 Å². The maximum absolute atomic E-state index is 12.3. The van der Waals surface area contributed by atoms with Crippen LogP contribution in [-0.2, 0) is 11.8 Å². The van der Waals surface area contributed by atoms with Crippen molar-refractivity contribution in [2.24, 2.45) is 7.05 Å². The van der Waals surface area contributed by atoms with Gasteiger partial charge < -0.3 is 24.1 Å². The van der Waals surface area contributed by atoms with E-state index >= 15 is 0 Å². The van der Waals surface area contributed by atoms with Gasteiger partial charge in [0.05, 0.1) is 25.6 Å². The Balaban J connectivity index is 1.38. The van der Waals surface area contributed by atoms with E-state index in [0.717, 1.165) is 29.2 Å². The maximum Gasteiger partial charge on any atom is 0.234 e. The van der Waals surface area contributed by atoms with Crippen LogP contribution < -0.4 is 19.5 Å². The number of nitrogens with one attached hydrogen (secondary N) is 1. The number of carbonyl (C=O) groups is 1. The lowest BCUT2D eigenvalue weighted by molar-refractivity contribution is -0.113. The summed E-state index contributed by atoms with van der Waals surface area (Å²) < 4.78 is 18.7. The highest BCUT2D eigenvalue weighted by Crippen LogP contribution is 2.34. The lowest BCUT2D eigenvalue weighted by Crippen LogP contribution is -2.14. The molecule has 0 spiro atoms. The molecule has 2 aromatic carbocycles. The van der Waals surface area contributed by atoms with Gasteiger partial charge >= 0.3 is 0 Å². The first-order chi connectivity index (χ1) is 15.1. The van der Waals surface area contributed by atoms with Crippen LogP contribution in [0.25, 0.3) is 11.4 Å². The van der Waals surface area contributed by atoms with Gasteiger partial charge in [-0.3, -0.25) is 4.79 Å². The molecule has 1 aromatic heterocycles. The third-order valence-corrected chi connectivity index (χ3v) is 5.64. The number of hydrogen-bond donors (Lipinski definition) is 1. The molecule has 0 saturated heterocycles. The number of ether oxygens (including phenoxy) is 3. The summed E-state index contributed by atoms with van der Waals surface area (Å²) in [6.45, 7) is 3.81. The van der Waals surface area contributed by atoms with Crippen molar-refractivity contribution in [2.45, 2.75) is 18.5 Å². The summed E-state index contributed by atoms with van der Waals surface area (Å²) in [4.78, 5) is 12.3. The zero-order valence-electron chi connectivity index (χ0n) is 17.5. The molecule has 8 nitrogen and oxygen atoms in total. The van der Waals surface area contributed by atoms with Crippen LogP contribution in [0.2, 0.25) is 0 Å². The number of anilines is 1. The molecule has 0 unspecified atom stereocenters. The quantitative estimate of drug-likeness (QED) is 0.560. The molecule has 9 heteroatoms. The molecule has 3 aromatic rings. The Hall–Kier alpha value is -3.20. The average Bonchev–Trinajstić information content (AvgIpc) is 2.98. The first-order valence-electron chi connectivity index (χ1n) is 10.1. The van der Waals surface area contributed by atoms with Gasteiger partial charge in [0.15, 0.2) is 22.5 Å². The molecule has 1 N–H and O–H groups in total. The molecule has 0 fully saturated rings. The molecular formula is C22H24N4O4S. The van der Waals surface area contributed by atoms with Gasteiger partial charge in [0.25, 0.3) is 0 Å². The van der Waals surface area contributed by atoms with Crippen molar-refractivity contribution in [1.29, 1.82) is 0 Å². The van der Waals surface area contributed by atoms with Gasteiger partial charge in [-0.15, -0.1) is 10.2 Å². The van der Waals surface area contributed by atoms with E-state index in [0.29, 0.717) is 36.6 Å². The first-order valence-corrected chi connectivity index (χ1v) is 11.1. The number of aromatic nitrogens is 3. The smallest absolute Gasteiger partial charge is 0.234 e. The van der Waals surface area contributed by atoms with E-state index < -0.39 is 0 Å². The number of fused-ring (bicyclic) bond motifs is 1. The molecule has 2 heterocycles. The van der Waals surface area contributed by atoms with E-state index in [1.165, 1.54) is 11.8 Å². The van der Waals surface area contributed by atoms with Gasteiger partial charge in [0.2, 0.25) is 5.91 Å². The zero-order valence-corrected chi connectivity index (χ0v) is 18.3. The molecule has 0 saturated carbocycles. The van der Waals surface area contributed by atoms with Crippen molar-refractivity contribution < 1.29 is 19.0 Å². The summed E-state index contributed by atoms with van der Waals surface area (Å²) in [5, 5.41) is 12.1. The minimum Gasteiger partial charge on any atom is -0.494 e. The number of carbonyl (C=O) groups excluding carboxylic acids is 1. The fraction of sp³-hybridized carbons (Fsp3) is 0.318. The van der Waals surface area contributed by atoms with Gasteiger partial charge in [0.1, 0.15) is 5.75 Å². The van der Waals surface area contributed by atoms with Crippen molar-refractivity contribution in [3.8, 4) is 28.6 Å². The van der Waals surface area contributed by atoms with Crippen molar-refractivity contribution in [3.63, 3.8) is 0 Å². The van der Waals surface area contributed by atoms with E-state index in [-0.39, 0.29) is 11.7 Å². The molecule has 162 valence electrons. The SMILES string of the molecule is CCOc1ccc(NC(=O)CSc2nnc(-c3ccc4c(c3)OCCCO4)n2C)cc1. The predicted molar refractivity (Wildman–Crippen MR) is 119 cm³/mol. The second kappa shape index (κ2) is 9.74. The summed E-state index contributed by atoms with van der Waals surface area (Å²) in [6, 6.07) is 13.0. The van der Waals surface area contributed by atoms with Crippen LogP contribution in [0.1, 0.15) is 13.3 Å². The summed E-state index contributed by atoms with van der Waals surface area (Å²) in [5.41, 5.74) is 1.60. The molecule has 0 radical (unpaired) electrons. The number of benzene rings is 2. The molecule has 1 amide bonds. The van der Waals surface area contributed by atoms with E-state index in [2.05, 4.69) is 15.5 Å². The Kier molecular flexibility index (Phi) is 6.61. The van der Waals surface area contributed by atoms with Crippen LogP contribution in [0.3, 0.4) is 0 Å². The Morgan fingerprint density at radius 1 is 1.13 bits per heavy atom. The monoisotopic (exact) mass is 440 g/mol. The molecule has 4 rings (SSSR count). The van der Waals surface area contributed by atoms with Gasteiger partial charge in [0, 0.05) is 24.7 Å². The normalized spacial score (nSPS) is 12.8. The Labute approximate surface area is 184 Å². The van der Waals surface area contributed by atoms with E-state index in [1.54, 1.807) is 0 Å². The Morgan fingerprint density at radius 3 is 2.68 bits per heavy atom. The van der Waals surface area contributed by atoms with E-state index in [4.69, 9.17) is 14.2 Å². The van der Waals surface area contributed by atoms with Crippen LogP contribution in [0.15, 0.2) is 47.6 Å². The summed E-state index contributed by atoms with van der Waals surface area (Å²) in [6.07, 6.45) is 0.855. The second-order valence-electron chi connectivity index (χ2n) is 6.87. The first kappa shape index (κ1) is 21.0. The topological polar surface area (TPSA) is 87.5 Å². The molecule has 1 aliphatic rings. The van der Waals surface area contributed by atoms with Crippen molar-refractivity contribution in [2.75, 3.05) is 30.9 Å². The Bertz CT molecular complexity index is 1050. The molecule has 31 heavy (non-hydrogen) atoms. The van der Waals surface area contributed by atoms with Crippen LogP contribution in [0.5, 0.6) is 17.2 Å². The summed E-state index contributed by atoms with van der Waals surface area (Å²) >= 11 is 1.33. The van der Waals surface area contributed by atoms with Crippen LogP contribution in [-0.4, -0.2) is 46.2 Å². The average molecular weight is 441 g/mol. The molecular weight excluding hydrogens is 416 g/mol. The van der Waals surface area contributed by atoms with Gasteiger partial charge in [-0.05, 0) is 49.4 Å². The fourth-order valence-corrected chi connectivity index (χ4v) is 3.83. The largest absolute Gasteiger partial charge is 0.494 e. The summed E-state index contributed by atoms with van der Waals surface area (Å²) in [7, 11) is 1.88. The molecule has 1 aliphatic heterocycles. The third kappa shape index (κ3) is 5.11. The van der Waals surface area contributed by atoms with Crippen molar-refractivity contribution >= 4 is 23.4 Å². The lowest BCUT2D eigenvalue weighted by Gasteiger charge is -2.09.